The number of carbonyl (C=O) groups excluding carboxylic acids is 1. The van der Waals surface area contributed by atoms with E-state index in [1.54, 1.807) is 0 Å². The van der Waals surface area contributed by atoms with E-state index in [0.717, 1.165) is 24.0 Å². The third-order valence-corrected chi connectivity index (χ3v) is 4.60. The molecule has 2 aromatic rings. The molecular weight excluding hydrogens is 282 g/mol. The lowest BCUT2D eigenvalue weighted by atomic mass is 10.0. The second-order valence-corrected chi connectivity index (χ2v) is 6.17. The van der Waals surface area contributed by atoms with Crippen LogP contribution in [0.15, 0.2) is 54.6 Å². The fraction of sp³-hybridized carbons (Fsp3) is 0.381. The first-order valence-electron chi connectivity index (χ1n) is 8.56. The maximum absolute atomic E-state index is 12.9. The summed E-state index contributed by atoms with van der Waals surface area (Å²) in [4.78, 5) is 14.9. The van der Waals surface area contributed by atoms with Gasteiger partial charge < -0.3 is 4.90 Å². The van der Waals surface area contributed by atoms with Crippen LogP contribution >= 0.6 is 0 Å². The summed E-state index contributed by atoms with van der Waals surface area (Å²) in [7, 11) is 0. The van der Waals surface area contributed by atoms with E-state index in [0.29, 0.717) is 0 Å². The van der Waals surface area contributed by atoms with Gasteiger partial charge in [-0.1, -0.05) is 56.3 Å². The summed E-state index contributed by atoms with van der Waals surface area (Å²) in [5, 5.41) is 0. The van der Waals surface area contributed by atoms with Gasteiger partial charge in [-0.3, -0.25) is 4.79 Å². The summed E-state index contributed by atoms with van der Waals surface area (Å²) in [5.74, 6) is 0.133. The second-order valence-electron chi connectivity index (χ2n) is 6.17. The minimum atomic E-state index is 0.133. The van der Waals surface area contributed by atoms with Crippen molar-refractivity contribution in [1.29, 1.82) is 0 Å². The molecule has 0 saturated heterocycles. The van der Waals surface area contributed by atoms with Gasteiger partial charge in [0.1, 0.15) is 0 Å². The molecule has 2 heteroatoms. The molecule has 0 saturated carbocycles. The average molecular weight is 309 g/mol. The zero-order chi connectivity index (χ0) is 16.8. The van der Waals surface area contributed by atoms with Crippen molar-refractivity contribution in [2.75, 3.05) is 0 Å². The first kappa shape index (κ1) is 17.3. The lowest BCUT2D eigenvalue weighted by Gasteiger charge is -2.34. The first-order chi connectivity index (χ1) is 11.1. The lowest BCUT2D eigenvalue weighted by molar-refractivity contribution is 0.0598. The van der Waals surface area contributed by atoms with Gasteiger partial charge in [0.05, 0.1) is 0 Å². The van der Waals surface area contributed by atoms with Gasteiger partial charge in [-0.05, 0) is 49.9 Å². The highest BCUT2D eigenvalue weighted by Gasteiger charge is 2.24. The van der Waals surface area contributed by atoms with Gasteiger partial charge in [-0.15, -0.1) is 0 Å². The van der Waals surface area contributed by atoms with Crippen LogP contribution in [-0.4, -0.2) is 22.9 Å². The molecule has 0 aliphatic carbocycles. The summed E-state index contributed by atoms with van der Waals surface area (Å²) >= 11 is 0. The van der Waals surface area contributed by atoms with Crippen LogP contribution in [0.5, 0.6) is 0 Å². The van der Waals surface area contributed by atoms with E-state index in [4.69, 9.17) is 0 Å². The molecule has 0 bridgehead atoms. The highest BCUT2D eigenvalue weighted by molar-refractivity contribution is 5.95. The monoisotopic (exact) mass is 309 g/mol. The van der Waals surface area contributed by atoms with Gasteiger partial charge >= 0.3 is 0 Å². The van der Waals surface area contributed by atoms with Gasteiger partial charge in [0.2, 0.25) is 0 Å². The number of carbonyl (C=O) groups is 1. The molecule has 0 aliphatic heterocycles. The molecule has 2 atom stereocenters. The van der Waals surface area contributed by atoms with Crippen molar-refractivity contribution in [3.63, 3.8) is 0 Å². The van der Waals surface area contributed by atoms with Crippen LogP contribution in [0.4, 0.5) is 0 Å². The van der Waals surface area contributed by atoms with E-state index in [1.165, 1.54) is 5.56 Å². The molecule has 122 valence electrons. The SMILES string of the molecule is CC[C@@H](C)N(C(=O)c1ccc(-c2ccccc2)cc1)[C@@H](C)CC. The summed E-state index contributed by atoms with van der Waals surface area (Å²) in [6.07, 6.45) is 1.94. The van der Waals surface area contributed by atoms with Crippen molar-refractivity contribution in [1.82, 2.24) is 4.90 Å². The standard InChI is InChI=1S/C21H27NO/c1-5-16(3)22(17(4)6-2)21(23)20-14-12-19(13-15-20)18-10-8-7-9-11-18/h7-17H,5-6H2,1-4H3/t16-,17+. The zero-order valence-corrected chi connectivity index (χ0v) is 14.6. The molecule has 0 radical (unpaired) electrons. The molecular formula is C21H27NO. The fourth-order valence-electron chi connectivity index (χ4n) is 2.81. The van der Waals surface area contributed by atoms with E-state index >= 15 is 0 Å². The van der Waals surface area contributed by atoms with E-state index in [2.05, 4.69) is 39.8 Å². The van der Waals surface area contributed by atoms with Crippen molar-refractivity contribution in [2.24, 2.45) is 0 Å². The highest BCUT2D eigenvalue weighted by atomic mass is 16.2. The molecule has 0 heterocycles. The van der Waals surface area contributed by atoms with Crippen LogP contribution in [0.1, 0.15) is 50.9 Å². The molecule has 0 aliphatic rings. The molecule has 0 spiro atoms. The van der Waals surface area contributed by atoms with Crippen LogP contribution in [-0.2, 0) is 0 Å². The fourth-order valence-corrected chi connectivity index (χ4v) is 2.81. The third-order valence-electron chi connectivity index (χ3n) is 4.60. The van der Waals surface area contributed by atoms with Gasteiger partial charge in [0, 0.05) is 17.6 Å². The Hall–Kier alpha value is -2.09. The molecule has 0 N–H and O–H groups in total. The number of amides is 1. The normalized spacial score (nSPS) is 13.4. The molecule has 1 amide bonds. The largest absolute Gasteiger partial charge is 0.333 e. The second kappa shape index (κ2) is 7.96. The van der Waals surface area contributed by atoms with E-state index in [1.807, 2.05) is 47.4 Å². The Morgan fingerprint density at radius 2 is 1.30 bits per heavy atom. The first-order valence-corrected chi connectivity index (χ1v) is 8.56. The summed E-state index contributed by atoms with van der Waals surface area (Å²) in [5.41, 5.74) is 3.08. The summed E-state index contributed by atoms with van der Waals surface area (Å²) in [6.45, 7) is 8.52. The Morgan fingerprint density at radius 3 is 1.78 bits per heavy atom. The molecule has 0 aromatic heterocycles. The van der Waals surface area contributed by atoms with Gasteiger partial charge in [-0.25, -0.2) is 0 Å². The van der Waals surface area contributed by atoms with Crippen molar-refractivity contribution < 1.29 is 4.79 Å². The Labute approximate surface area is 140 Å². The number of hydrogen-bond donors (Lipinski definition) is 0. The van der Waals surface area contributed by atoms with Crippen molar-refractivity contribution in [3.05, 3.63) is 60.2 Å². The minimum Gasteiger partial charge on any atom is -0.333 e. The highest BCUT2D eigenvalue weighted by Crippen LogP contribution is 2.21. The number of hydrogen-bond acceptors (Lipinski definition) is 1. The Kier molecular flexibility index (Phi) is 5.97. The van der Waals surface area contributed by atoms with E-state index < -0.39 is 0 Å². The topological polar surface area (TPSA) is 20.3 Å². The Morgan fingerprint density at radius 1 is 0.826 bits per heavy atom. The van der Waals surface area contributed by atoms with E-state index in [9.17, 15) is 4.79 Å². The van der Waals surface area contributed by atoms with Gasteiger partial charge in [-0.2, -0.15) is 0 Å². The van der Waals surface area contributed by atoms with Crippen molar-refractivity contribution in [2.45, 2.75) is 52.6 Å². The molecule has 2 rings (SSSR count). The molecule has 23 heavy (non-hydrogen) atoms. The van der Waals surface area contributed by atoms with Crippen LogP contribution in [0, 0.1) is 0 Å². The van der Waals surface area contributed by atoms with Gasteiger partial charge in [0.25, 0.3) is 5.91 Å². The molecule has 2 aromatic carbocycles. The summed E-state index contributed by atoms with van der Waals surface area (Å²) < 4.78 is 0. The zero-order valence-electron chi connectivity index (χ0n) is 14.6. The van der Waals surface area contributed by atoms with Crippen LogP contribution in [0.2, 0.25) is 0 Å². The number of benzene rings is 2. The maximum Gasteiger partial charge on any atom is 0.254 e. The number of rotatable bonds is 6. The van der Waals surface area contributed by atoms with Gasteiger partial charge in [0.15, 0.2) is 0 Å². The lowest BCUT2D eigenvalue weighted by Crippen LogP contribution is -2.44. The third kappa shape index (κ3) is 4.01. The molecule has 0 unspecified atom stereocenters. The van der Waals surface area contributed by atoms with Crippen molar-refractivity contribution in [3.8, 4) is 11.1 Å². The minimum absolute atomic E-state index is 0.133. The molecule has 0 fully saturated rings. The van der Waals surface area contributed by atoms with E-state index in [-0.39, 0.29) is 18.0 Å². The Balaban J connectivity index is 2.25. The number of nitrogens with zero attached hydrogens (tertiary/aromatic N) is 1. The smallest absolute Gasteiger partial charge is 0.254 e. The quantitative estimate of drug-likeness (QED) is 0.700. The predicted octanol–water partition coefficient (Wildman–Crippen LogP) is 5.39. The summed E-state index contributed by atoms with van der Waals surface area (Å²) in [6, 6.07) is 18.7. The van der Waals surface area contributed by atoms with Crippen molar-refractivity contribution >= 4 is 5.91 Å². The molecule has 2 nitrogen and oxygen atoms in total. The Bertz CT molecular complexity index is 608. The van der Waals surface area contributed by atoms with Crippen LogP contribution < -0.4 is 0 Å². The predicted molar refractivity (Wildman–Crippen MR) is 97.6 cm³/mol. The maximum atomic E-state index is 12.9. The van der Waals surface area contributed by atoms with Crippen LogP contribution in [0.25, 0.3) is 11.1 Å². The van der Waals surface area contributed by atoms with Crippen LogP contribution in [0.3, 0.4) is 0 Å². The average Bonchev–Trinajstić information content (AvgIpc) is 2.62.